The summed E-state index contributed by atoms with van der Waals surface area (Å²) in [6.45, 7) is 11.4. The number of rotatable bonds is 13. The monoisotopic (exact) mass is 830 g/mol. The third-order valence-electron chi connectivity index (χ3n) is 7.42. The van der Waals surface area contributed by atoms with Gasteiger partial charge in [-0.05, 0) is 70.6 Å². The van der Waals surface area contributed by atoms with Gasteiger partial charge >= 0.3 is 0 Å². The van der Waals surface area contributed by atoms with E-state index in [2.05, 4.69) is 36.5 Å². The fraction of sp³-hybridized carbons (Fsp3) is 0.412. The van der Waals surface area contributed by atoms with Crippen LogP contribution in [0, 0.1) is 56.7 Å². The van der Waals surface area contributed by atoms with Gasteiger partial charge in [0.15, 0.2) is 0 Å². The Hall–Kier alpha value is -2.39. The molecule has 9 heteroatoms. The smallest absolute Gasteiger partial charge is 0.213 e. The maximum Gasteiger partial charge on any atom is 0.213 e. The van der Waals surface area contributed by atoms with Gasteiger partial charge < -0.3 is 24.1 Å². The summed E-state index contributed by atoms with van der Waals surface area (Å²) in [4.78, 5) is 20.9. The van der Waals surface area contributed by atoms with Crippen molar-refractivity contribution in [3.8, 4) is 18.7 Å². The maximum absolute atomic E-state index is 14.1. The number of ether oxygens (including phenoxy) is 2. The Balaban J connectivity index is 0.00000211. The van der Waals surface area contributed by atoms with Crippen LogP contribution in [0.5, 0.6) is 5.88 Å². The summed E-state index contributed by atoms with van der Waals surface area (Å²) in [5.41, 5.74) is 4.21. The standard InChI is InChI=1S/C32H38ClFN3O3.C2H2.U/c1-4-39-24(3)20-37(31-18-25(21-38)9-8-23(31)2)17-16-36-14-12-26(13-15-36)30-6-5-7-32(35-30)40-22-27-10-11-28(33)19-29(27)34;1-2;/h5-11,18-19,24,26H,4,12-17,20,22H2,1-3H3;1-2H;/q-1;;. The van der Waals surface area contributed by atoms with Crippen LogP contribution in [-0.4, -0.2) is 61.6 Å². The number of anilines is 1. The molecule has 0 saturated carbocycles. The van der Waals surface area contributed by atoms with E-state index in [-0.39, 0.29) is 49.6 Å². The molecule has 228 valence electrons. The Labute approximate surface area is 284 Å². The minimum Gasteiger partial charge on any atom is -0.473 e. The first-order valence-electron chi connectivity index (χ1n) is 14.3. The molecule has 0 radical (unpaired) electrons. The van der Waals surface area contributed by atoms with Crippen molar-refractivity contribution in [2.24, 2.45) is 0 Å². The molecular formula is C34H40ClFN3O3U-. The van der Waals surface area contributed by atoms with Crippen molar-refractivity contribution in [2.45, 2.75) is 52.2 Å². The zero-order valence-electron chi connectivity index (χ0n) is 25.2. The third-order valence-corrected chi connectivity index (χ3v) is 7.66. The second kappa shape index (κ2) is 19.1. The molecule has 3 aromatic rings. The van der Waals surface area contributed by atoms with Gasteiger partial charge in [0.25, 0.3) is 0 Å². The summed E-state index contributed by atoms with van der Waals surface area (Å²) < 4.78 is 25.7. The van der Waals surface area contributed by atoms with E-state index >= 15 is 0 Å². The number of hydrogen-bond donors (Lipinski definition) is 0. The van der Waals surface area contributed by atoms with E-state index < -0.39 is 0 Å². The third kappa shape index (κ3) is 11.2. The van der Waals surface area contributed by atoms with Crippen LogP contribution < -0.4 is 9.64 Å². The number of aromatic nitrogens is 1. The van der Waals surface area contributed by atoms with E-state index in [1.165, 1.54) is 6.07 Å². The van der Waals surface area contributed by atoms with Crippen LogP contribution in [0.15, 0.2) is 54.6 Å². The molecule has 1 unspecified atom stereocenters. The van der Waals surface area contributed by atoms with E-state index in [1.807, 2.05) is 49.6 Å². The number of halogens is 2. The van der Waals surface area contributed by atoms with Crippen molar-refractivity contribution in [2.75, 3.05) is 44.2 Å². The first kappa shape index (κ1) is 36.8. The van der Waals surface area contributed by atoms with Crippen LogP contribution in [-0.2, 0) is 16.1 Å². The Kier molecular flexibility index (Phi) is 16.3. The number of hydrogen-bond acceptors (Lipinski definition) is 6. The number of piperidine rings is 1. The van der Waals surface area contributed by atoms with Crippen molar-refractivity contribution in [1.82, 2.24) is 9.88 Å². The van der Waals surface area contributed by atoms with E-state index in [9.17, 15) is 9.18 Å². The van der Waals surface area contributed by atoms with Gasteiger partial charge in [-0.1, -0.05) is 29.3 Å². The quantitative estimate of drug-likeness (QED) is 0.144. The van der Waals surface area contributed by atoms with Gasteiger partial charge in [-0.15, -0.1) is 30.5 Å². The largest absolute Gasteiger partial charge is 0.473 e. The van der Waals surface area contributed by atoms with Crippen molar-refractivity contribution in [3.63, 3.8) is 0 Å². The summed E-state index contributed by atoms with van der Waals surface area (Å²) >= 11 is 5.85. The van der Waals surface area contributed by atoms with E-state index in [4.69, 9.17) is 26.1 Å². The molecule has 0 N–H and O–H groups in total. The summed E-state index contributed by atoms with van der Waals surface area (Å²) in [7, 11) is 0. The van der Waals surface area contributed by atoms with E-state index in [1.54, 1.807) is 12.1 Å². The van der Waals surface area contributed by atoms with Crippen molar-refractivity contribution >= 4 is 23.6 Å². The molecule has 0 aliphatic carbocycles. The van der Waals surface area contributed by atoms with Gasteiger partial charge in [-0.25, -0.2) is 9.37 Å². The molecule has 1 aliphatic heterocycles. The molecular weight excluding hydrogens is 791 g/mol. The van der Waals surface area contributed by atoms with E-state index in [0.29, 0.717) is 34.6 Å². The fourth-order valence-electron chi connectivity index (χ4n) is 5.21. The van der Waals surface area contributed by atoms with Crippen LogP contribution in [0.25, 0.3) is 0 Å². The number of nitrogens with zero attached hydrogens (tertiary/aromatic N) is 3. The molecule has 1 fully saturated rings. The van der Waals surface area contributed by atoms with Gasteiger partial charge in [0, 0.05) is 85.6 Å². The SMILES string of the molecule is C#C.CCOC(C)CN(CCN1CCC(c2cccc(OCc3ccc(Cl)cc3F)n2)CC1)c1cc([C-]=O)ccc1C.[U]. The second-order valence-corrected chi connectivity index (χ2v) is 10.8. The zero-order chi connectivity index (χ0) is 30.5. The minimum atomic E-state index is -0.383. The number of carbonyl (C=O) groups excluding carboxylic acids is 1. The van der Waals surface area contributed by atoms with Gasteiger partial charge in [-0.2, -0.15) is 6.07 Å². The van der Waals surface area contributed by atoms with Crippen LogP contribution in [0.4, 0.5) is 10.1 Å². The molecule has 4 rings (SSSR count). The molecule has 43 heavy (non-hydrogen) atoms. The predicted octanol–water partition coefficient (Wildman–Crippen LogP) is 6.58. The molecule has 2 aromatic carbocycles. The van der Waals surface area contributed by atoms with Crippen molar-refractivity contribution in [3.05, 3.63) is 87.8 Å². The fourth-order valence-corrected chi connectivity index (χ4v) is 5.37. The summed E-state index contributed by atoms with van der Waals surface area (Å²) in [6, 6.07) is 16.1. The van der Waals surface area contributed by atoms with Crippen molar-refractivity contribution in [1.29, 1.82) is 0 Å². The zero-order valence-corrected chi connectivity index (χ0v) is 30.1. The summed E-state index contributed by atoms with van der Waals surface area (Å²) in [5.74, 6) is 0.466. The van der Waals surface area contributed by atoms with Gasteiger partial charge in [-0.3, -0.25) is 0 Å². The Morgan fingerprint density at radius 3 is 2.58 bits per heavy atom. The van der Waals surface area contributed by atoms with Crippen LogP contribution in [0.1, 0.15) is 55.0 Å². The molecule has 6 nitrogen and oxygen atoms in total. The number of likely N-dealkylation sites (tertiary alicyclic amines) is 1. The molecule has 1 aliphatic rings. The average molecular weight is 831 g/mol. The first-order valence-corrected chi connectivity index (χ1v) is 14.7. The number of pyridine rings is 1. The molecule has 0 amide bonds. The minimum absolute atomic E-state index is 0. The summed E-state index contributed by atoms with van der Waals surface area (Å²) in [6.07, 6.45) is 12.1. The first-order chi connectivity index (χ1) is 20.4. The summed E-state index contributed by atoms with van der Waals surface area (Å²) in [5, 5.41) is 0.362. The molecule has 0 bridgehead atoms. The number of benzene rings is 2. The number of aryl methyl sites for hydroxylation is 1. The second-order valence-electron chi connectivity index (χ2n) is 10.4. The molecule has 1 aromatic heterocycles. The molecule has 2 heterocycles. The topological polar surface area (TPSA) is 54.9 Å². The van der Waals surface area contributed by atoms with Crippen molar-refractivity contribution < 1.29 is 49.8 Å². The maximum atomic E-state index is 14.1. The van der Waals surface area contributed by atoms with Crippen LogP contribution in [0.3, 0.4) is 0 Å². The molecule has 0 spiro atoms. The average Bonchev–Trinajstić information content (AvgIpc) is 3.01. The molecule has 1 saturated heterocycles. The Bertz CT molecular complexity index is 1320. The number of terminal acetylenes is 1. The van der Waals surface area contributed by atoms with E-state index in [0.717, 1.165) is 62.5 Å². The normalized spacial score (nSPS) is 14.1. The Morgan fingerprint density at radius 1 is 1.16 bits per heavy atom. The predicted molar refractivity (Wildman–Crippen MR) is 168 cm³/mol. The van der Waals surface area contributed by atoms with Gasteiger partial charge in [0.2, 0.25) is 5.88 Å². The molecule has 1 atom stereocenters. The van der Waals surface area contributed by atoms with Gasteiger partial charge in [0.1, 0.15) is 12.4 Å². The van der Waals surface area contributed by atoms with Crippen LogP contribution >= 0.6 is 11.6 Å². The van der Waals surface area contributed by atoms with Gasteiger partial charge in [0.05, 0.1) is 12.4 Å². The van der Waals surface area contributed by atoms with Crippen LogP contribution in [0.2, 0.25) is 5.02 Å². The Morgan fingerprint density at radius 2 is 1.91 bits per heavy atom.